The van der Waals surface area contributed by atoms with Crippen LogP contribution in [0.1, 0.15) is 51.9 Å². The fraction of sp³-hybridized carbons (Fsp3) is 0.929. The molecule has 1 saturated heterocycles. The first kappa shape index (κ1) is 12.9. The lowest BCUT2D eigenvalue weighted by Gasteiger charge is -2.27. The van der Waals surface area contributed by atoms with Gasteiger partial charge in [0.25, 0.3) is 0 Å². The van der Waals surface area contributed by atoms with Crippen molar-refractivity contribution in [2.45, 2.75) is 57.9 Å². The quantitative estimate of drug-likeness (QED) is 0.745. The Balaban J connectivity index is 1.55. The van der Waals surface area contributed by atoms with E-state index in [0.29, 0.717) is 5.91 Å². The van der Waals surface area contributed by atoms with E-state index in [1.807, 2.05) is 4.90 Å². The number of carbonyl (C=O) groups excluding carboxylic acids is 1. The predicted molar refractivity (Wildman–Crippen MR) is 69.9 cm³/mol. The van der Waals surface area contributed by atoms with Crippen LogP contribution in [-0.4, -0.2) is 36.5 Å². The normalized spacial score (nSPS) is 29.9. The maximum Gasteiger partial charge on any atom is 0.222 e. The summed E-state index contributed by atoms with van der Waals surface area (Å²) >= 11 is 0. The Hall–Kier alpha value is -0.570. The molecular formula is C14H26N2O. The van der Waals surface area contributed by atoms with Crippen LogP contribution < -0.4 is 5.32 Å². The number of rotatable bonds is 5. The van der Waals surface area contributed by atoms with Gasteiger partial charge < -0.3 is 10.2 Å². The third-order valence-electron chi connectivity index (χ3n) is 4.15. The summed E-state index contributed by atoms with van der Waals surface area (Å²) in [5.41, 5.74) is 0. The highest BCUT2D eigenvalue weighted by Gasteiger charge is 2.20. The van der Waals surface area contributed by atoms with Gasteiger partial charge in [-0.05, 0) is 38.1 Å². The number of likely N-dealkylation sites (tertiary alicyclic amines) is 1. The monoisotopic (exact) mass is 238 g/mol. The van der Waals surface area contributed by atoms with E-state index in [2.05, 4.69) is 12.2 Å². The number of nitrogens with one attached hydrogen (secondary N) is 1. The van der Waals surface area contributed by atoms with Crippen molar-refractivity contribution in [2.24, 2.45) is 5.92 Å². The van der Waals surface area contributed by atoms with Crippen molar-refractivity contribution in [1.82, 2.24) is 10.2 Å². The molecule has 0 unspecified atom stereocenters. The number of hydrogen-bond acceptors (Lipinski definition) is 2. The first-order valence-corrected chi connectivity index (χ1v) is 7.27. The molecule has 0 aromatic carbocycles. The van der Waals surface area contributed by atoms with E-state index in [1.54, 1.807) is 0 Å². The van der Waals surface area contributed by atoms with Gasteiger partial charge >= 0.3 is 0 Å². The van der Waals surface area contributed by atoms with Crippen LogP contribution in [0.4, 0.5) is 0 Å². The number of amides is 1. The van der Waals surface area contributed by atoms with E-state index in [9.17, 15) is 4.79 Å². The van der Waals surface area contributed by atoms with Gasteiger partial charge in [0, 0.05) is 25.6 Å². The molecular weight excluding hydrogens is 212 g/mol. The summed E-state index contributed by atoms with van der Waals surface area (Å²) in [6.07, 6.45) is 8.40. The van der Waals surface area contributed by atoms with E-state index in [0.717, 1.165) is 50.9 Å². The van der Waals surface area contributed by atoms with Crippen molar-refractivity contribution in [1.29, 1.82) is 0 Å². The van der Waals surface area contributed by atoms with Gasteiger partial charge in [-0.25, -0.2) is 0 Å². The van der Waals surface area contributed by atoms with Gasteiger partial charge in [0.2, 0.25) is 5.91 Å². The molecule has 0 aromatic heterocycles. The number of hydrogen-bond donors (Lipinski definition) is 1. The molecule has 1 heterocycles. The van der Waals surface area contributed by atoms with Crippen LogP contribution in [-0.2, 0) is 4.79 Å². The molecule has 3 heteroatoms. The fourth-order valence-electron chi connectivity index (χ4n) is 3.14. The molecule has 0 bridgehead atoms. The summed E-state index contributed by atoms with van der Waals surface area (Å²) in [6, 6.07) is 0.730. The average molecular weight is 238 g/mol. The minimum absolute atomic E-state index is 0.358. The van der Waals surface area contributed by atoms with Gasteiger partial charge in [-0.1, -0.05) is 19.8 Å². The van der Waals surface area contributed by atoms with Crippen LogP contribution in [0.5, 0.6) is 0 Å². The molecule has 1 aliphatic heterocycles. The highest BCUT2D eigenvalue weighted by molar-refractivity contribution is 5.77. The second-order valence-corrected chi connectivity index (χ2v) is 5.76. The Morgan fingerprint density at radius 1 is 1.35 bits per heavy atom. The summed E-state index contributed by atoms with van der Waals surface area (Å²) in [4.78, 5) is 13.4. The molecule has 2 aliphatic rings. The van der Waals surface area contributed by atoms with Crippen molar-refractivity contribution < 1.29 is 4.79 Å². The van der Waals surface area contributed by atoms with Gasteiger partial charge in [-0.3, -0.25) is 4.79 Å². The lowest BCUT2D eigenvalue weighted by atomic mass is 9.87. The van der Waals surface area contributed by atoms with Gasteiger partial charge in [0.05, 0.1) is 0 Å². The largest absolute Gasteiger partial charge is 0.343 e. The molecule has 3 nitrogen and oxygen atoms in total. The molecule has 98 valence electrons. The SMILES string of the molecule is C[C@H]1CCC[C@H](NCCCN2CCCC2=O)C1. The van der Waals surface area contributed by atoms with Gasteiger partial charge in [-0.15, -0.1) is 0 Å². The lowest BCUT2D eigenvalue weighted by Crippen LogP contribution is -2.36. The fourth-order valence-corrected chi connectivity index (χ4v) is 3.14. The highest BCUT2D eigenvalue weighted by Crippen LogP contribution is 2.23. The molecule has 2 atom stereocenters. The van der Waals surface area contributed by atoms with E-state index in [1.165, 1.54) is 25.7 Å². The molecule has 0 spiro atoms. The van der Waals surface area contributed by atoms with Gasteiger partial charge in [-0.2, -0.15) is 0 Å². The zero-order valence-corrected chi connectivity index (χ0v) is 11.1. The van der Waals surface area contributed by atoms with Crippen LogP contribution in [0, 0.1) is 5.92 Å². The maximum absolute atomic E-state index is 11.4. The third kappa shape index (κ3) is 3.98. The highest BCUT2D eigenvalue weighted by atomic mass is 16.2. The van der Waals surface area contributed by atoms with Gasteiger partial charge in [0.15, 0.2) is 0 Å². The molecule has 2 rings (SSSR count). The minimum Gasteiger partial charge on any atom is -0.343 e. The Morgan fingerprint density at radius 2 is 2.24 bits per heavy atom. The molecule has 1 N–H and O–H groups in total. The van der Waals surface area contributed by atoms with Crippen LogP contribution in [0.3, 0.4) is 0 Å². The first-order chi connectivity index (χ1) is 8.25. The van der Waals surface area contributed by atoms with Crippen molar-refractivity contribution >= 4 is 5.91 Å². The first-order valence-electron chi connectivity index (χ1n) is 7.27. The molecule has 0 aromatic rings. The second-order valence-electron chi connectivity index (χ2n) is 5.76. The van der Waals surface area contributed by atoms with Crippen LogP contribution >= 0.6 is 0 Å². The minimum atomic E-state index is 0.358. The Kier molecular flexibility index (Phi) is 4.84. The van der Waals surface area contributed by atoms with E-state index in [-0.39, 0.29) is 0 Å². The van der Waals surface area contributed by atoms with Crippen molar-refractivity contribution in [3.05, 3.63) is 0 Å². The molecule has 2 fully saturated rings. The standard InChI is InChI=1S/C14H26N2O/c1-12-5-2-6-13(11-12)15-8-4-10-16-9-3-7-14(16)17/h12-13,15H,2-11H2,1H3/t12-,13-/m0/s1. The number of carbonyl (C=O) groups is 1. The summed E-state index contributed by atoms with van der Waals surface area (Å²) in [5, 5.41) is 3.65. The van der Waals surface area contributed by atoms with Gasteiger partial charge in [0.1, 0.15) is 0 Å². The van der Waals surface area contributed by atoms with Crippen molar-refractivity contribution in [2.75, 3.05) is 19.6 Å². The number of nitrogens with zero attached hydrogens (tertiary/aromatic N) is 1. The zero-order valence-electron chi connectivity index (χ0n) is 11.1. The average Bonchev–Trinajstić information content (AvgIpc) is 2.71. The molecule has 1 saturated carbocycles. The maximum atomic E-state index is 11.4. The summed E-state index contributed by atoms with van der Waals surface area (Å²) in [7, 11) is 0. The molecule has 1 aliphatic carbocycles. The summed E-state index contributed by atoms with van der Waals surface area (Å²) < 4.78 is 0. The van der Waals surface area contributed by atoms with E-state index in [4.69, 9.17) is 0 Å². The van der Waals surface area contributed by atoms with Crippen LogP contribution in [0.25, 0.3) is 0 Å². The Bertz CT molecular complexity index is 255. The Morgan fingerprint density at radius 3 is 2.94 bits per heavy atom. The summed E-state index contributed by atoms with van der Waals surface area (Å²) in [5.74, 6) is 1.25. The van der Waals surface area contributed by atoms with Crippen LogP contribution in [0.15, 0.2) is 0 Å². The third-order valence-corrected chi connectivity index (χ3v) is 4.15. The second kappa shape index (κ2) is 6.39. The topological polar surface area (TPSA) is 32.3 Å². The van der Waals surface area contributed by atoms with E-state index >= 15 is 0 Å². The summed E-state index contributed by atoms with van der Waals surface area (Å²) in [6.45, 7) is 5.37. The smallest absolute Gasteiger partial charge is 0.222 e. The Labute approximate surface area is 105 Å². The molecule has 0 radical (unpaired) electrons. The zero-order chi connectivity index (χ0) is 12.1. The molecule has 17 heavy (non-hydrogen) atoms. The van der Waals surface area contributed by atoms with Crippen molar-refractivity contribution in [3.8, 4) is 0 Å². The van der Waals surface area contributed by atoms with Crippen molar-refractivity contribution in [3.63, 3.8) is 0 Å². The molecule has 1 amide bonds. The van der Waals surface area contributed by atoms with Crippen LogP contribution in [0.2, 0.25) is 0 Å². The predicted octanol–water partition coefficient (Wildman–Crippen LogP) is 2.17. The lowest BCUT2D eigenvalue weighted by molar-refractivity contribution is -0.127. The van der Waals surface area contributed by atoms with E-state index < -0.39 is 0 Å².